The predicted octanol–water partition coefficient (Wildman–Crippen LogP) is 1.93. The monoisotopic (exact) mass is 257 g/mol. The van der Waals surface area contributed by atoms with Gasteiger partial charge in [-0.05, 0) is 24.6 Å². The number of anilines is 1. The number of hydrogen-bond donors (Lipinski definition) is 1. The van der Waals surface area contributed by atoms with E-state index in [2.05, 4.69) is 5.32 Å². The highest BCUT2D eigenvalue weighted by molar-refractivity contribution is 5.89. The van der Waals surface area contributed by atoms with E-state index in [9.17, 15) is 4.79 Å². The second-order valence-electron chi connectivity index (χ2n) is 4.33. The molecule has 0 bridgehead atoms. The third-order valence-electron chi connectivity index (χ3n) is 2.74. The van der Waals surface area contributed by atoms with Gasteiger partial charge in [0.15, 0.2) is 12.4 Å². The lowest BCUT2D eigenvalue weighted by molar-refractivity contribution is -0.684. The van der Waals surface area contributed by atoms with Gasteiger partial charge in [-0.2, -0.15) is 4.57 Å². The van der Waals surface area contributed by atoms with Crippen molar-refractivity contribution in [1.29, 1.82) is 0 Å². The van der Waals surface area contributed by atoms with Crippen molar-refractivity contribution in [1.82, 2.24) is 0 Å². The summed E-state index contributed by atoms with van der Waals surface area (Å²) in [7, 11) is 1.60. The number of nitrogens with one attached hydrogen (secondary N) is 1. The second kappa shape index (κ2) is 6.00. The number of ether oxygens (including phenoxy) is 1. The molecule has 0 saturated heterocycles. The Bertz CT molecular complexity index is 565. The zero-order valence-corrected chi connectivity index (χ0v) is 11.1. The normalized spacial score (nSPS) is 10.0. The summed E-state index contributed by atoms with van der Waals surface area (Å²) in [6, 6.07) is 11.2. The first-order valence-electron chi connectivity index (χ1n) is 6.07. The number of carbonyl (C=O) groups excluding carboxylic acids is 1. The molecule has 0 unspecified atom stereocenters. The lowest BCUT2D eigenvalue weighted by Crippen LogP contribution is -2.39. The minimum absolute atomic E-state index is 0.0675. The molecule has 0 atom stereocenters. The number of hydrogen-bond acceptors (Lipinski definition) is 2. The van der Waals surface area contributed by atoms with Crippen molar-refractivity contribution in [2.45, 2.75) is 13.5 Å². The molecule has 0 fully saturated rings. The summed E-state index contributed by atoms with van der Waals surface area (Å²) < 4.78 is 6.95. The Morgan fingerprint density at radius 2 is 2.00 bits per heavy atom. The fraction of sp³-hybridized carbons (Fsp3) is 0.200. The lowest BCUT2D eigenvalue weighted by atomic mass is 10.3. The Kier molecular flexibility index (Phi) is 4.13. The Morgan fingerprint density at radius 1 is 1.26 bits per heavy atom. The summed E-state index contributed by atoms with van der Waals surface area (Å²) in [6.45, 7) is 2.30. The fourth-order valence-electron chi connectivity index (χ4n) is 1.70. The van der Waals surface area contributed by atoms with E-state index in [0.717, 1.165) is 11.4 Å². The predicted molar refractivity (Wildman–Crippen MR) is 73.0 cm³/mol. The molecule has 0 aliphatic rings. The highest BCUT2D eigenvalue weighted by Crippen LogP contribution is 2.16. The molecule has 19 heavy (non-hydrogen) atoms. The number of aromatic nitrogens is 1. The molecule has 2 rings (SSSR count). The van der Waals surface area contributed by atoms with E-state index in [1.54, 1.807) is 13.2 Å². The zero-order chi connectivity index (χ0) is 13.7. The van der Waals surface area contributed by atoms with Crippen molar-refractivity contribution in [2.24, 2.45) is 0 Å². The van der Waals surface area contributed by atoms with Crippen molar-refractivity contribution in [3.63, 3.8) is 0 Å². The quantitative estimate of drug-likeness (QED) is 0.850. The third-order valence-corrected chi connectivity index (χ3v) is 2.74. The Hall–Kier alpha value is -2.36. The number of carbonyl (C=O) groups is 1. The van der Waals surface area contributed by atoms with Gasteiger partial charge in [0.2, 0.25) is 6.54 Å². The molecule has 0 spiro atoms. The molecule has 98 valence electrons. The molecule has 1 heterocycles. The largest absolute Gasteiger partial charge is 0.497 e. The average Bonchev–Trinajstić information content (AvgIpc) is 2.41. The Labute approximate surface area is 112 Å². The minimum Gasteiger partial charge on any atom is -0.497 e. The zero-order valence-electron chi connectivity index (χ0n) is 11.1. The number of amides is 1. The van der Waals surface area contributed by atoms with Gasteiger partial charge in [-0.25, -0.2) is 0 Å². The topological polar surface area (TPSA) is 42.2 Å². The number of benzene rings is 1. The Morgan fingerprint density at radius 3 is 2.68 bits per heavy atom. The minimum atomic E-state index is -0.0675. The highest BCUT2D eigenvalue weighted by Gasteiger charge is 2.09. The summed E-state index contributed by atoms with van der Waals surface area (Å²) in [4.78, 5) is 11.9. The molecule has 1 N–H and O–H groups in total. The summed E-state index contributed by atoms with van der Waals surface area (Å²) >= 11 is 0. The van der Waals surface area contributed by atoms with E-state index in [1.165, 1.54) is 5.56 Å². The van der Waals surface area contributed by atoms with Crippen LogP contribution >= 0.6 is 0 Å². The van der Waals surface area contributed by atoms with Gasteiger partial charge >= 0.3 is 0 Å². The van der Waals surface area contributed by atoms with Gasteiger partial charge < -0.3 is 10.1 Å². The van der Waals surface area contributed by atoms with Crippen LogP contribution in [0.4, 0.5) is 5.69 Å². The SMILES string of the molecule is COc1cccc(NC(=O)C[n+]2ccc(C)cc2)c1. The summed E-state index contributed by atoms with van der Waals surface area (Å²) in [5, 5.41) is 2.84. The van der Waals surface area contributed by atoms with Gasteiger partial charge in [-0.1, -0.05) is 6.07 Å². The van der Waals surface area contributed by atoms with E-state index in [1.807, 2.05) is 54.2 Å². The molecule has 1 aromatic carbocycles. The van der Waals surface area contributed by atoms with Crippen molar-refractivity contribution >= 4 is 11.6 Å². The molecule has 4 heteroatoms. The molecule has 1 amide bonds. The fourth-order valence-corrected chi connectivity index (χ4v) is 1.70. The first-order chi connectivity index (χ1) is 9.17. The standard InChI is InChI=1S/C15H16N2O2/c1-12-6-8-17(9-7-12)11-15(18)16-13-4-3-5-14(10-13)19-2/h3-10H,11H2,1-2H3/p+1. The molecule has 1 aromatic heterocycles. The maximum Gasteiger partial charge on any atom is 0.290 e. The highest BCUT2D eigenvalue weighted by atomic mass is 16.5. The van der Waals surface area contributed by atoms with Gasteiger partial charge in [0.25, 0.3) is 5.91 Å². The number of nitrogens with zero attached hydrogens (tertiary/aromatic N) is 1. The van der Waals surface area contributed by atoms with Crippen molar-refractivity contribution < 1.29 is 14.1 Å². The first-order valence-corrected chi connectivity index (χ1v) is 6.07. The second-order valence-corrected chi connectivity index (χ2v) is 4.33. The molecule has 2 aromatic rings. The summed E-state index contributed by atoms with van der Waals surface area (Å²) in [5.74, 6) is 0.655. The maximum atomic E-state index is 11.9. The maximum absolute atomic E-state index is 11.9. The van der Waals surface area contributed by atoms with Crippen LogP contribution in [0.15, 0.2) is 48.8 Å². The van der Waals surface area contributed by atoms with Crippen molar-refractivity contribution in [2.75, 3.05) is 12.4 Å². The van der Waals surface area contributed by atoms with E-state index < -0.39 is 0 Å². The Balaban J connectivity index is 1.99. The first kappa shape index (κ1) is 13.1. The van der Waals surface area contributed by atoms with Crippen molar-refractivity contribution in [3.8, 4) is 5.75 Å². The molecule has 4 nitrogen and oxygen atoms in total. The van der Waals surface area contributed by atoms with Crippen LogP contribution in [0.25, 0.3) is 0 Å². The number of pyridine rings is 1. The van der Waals surface area contributed by atoms with Crippen LogP contribution in [0.2, 0.25) is 0 Å². The van der Waals surface area contributed by atoms with Crippen molar-refractivity contribution in [3.05, 3.63) is 54.4 Å². The van der Waals surface area contributed by atoms with Crippen LogP contribution in [0.5, 0.6) is 5.75 Å². The average molecular weight is 257 g/mol. The van der Waals surface area contributed by atoms with Gasteiger partial charge in [0, 0.05) is 23.9 Å². The van der Waals surface area contributed by atoms with Crippen LogP contribution in [0.3, 0.4) is 0 Å². The van der Waals surface area contributed by atoms with Gasteiger partial charge in [-0.15, -0.1) is 0 Å². The van der Waals surface area contributed by atoms with Crippen LogP contribution in [-0.2, 0) is 11.3 Å². The van der Waals surface area contributed by atoms with E-state index in [4.69, 9.17) is 4.74 Å². The molecule has 0 aliphatic heterocycles. The van der Waals surface area contributed by atoms with Crippen LogP contribution in [-0.4, -0.2) is 13.0 Å². The summed E-state index contributed by atoms with van der Waals surface area (Å²) in [5.41, 5.74) is 1.90. The molecule has 0 aliphatic carbocycles. The lowest BCUT2D eigenvalue weighted by Gasteiger charge is -2.05. The van der Waals surface area contributed by atoms with Gasteiger partial charge in [-0.3, -0.25) is 4.79 Å². The molecule has 0 saturated carbocycles. The number of aryl methyl sites for hydroxylation is 1. The smallest absolute Gasteiger partial charge is 0.290 e. The molecule has 0 radical (unpaired) electrons. The van der Waals surface area contributed by atoms with E-state index in [0.29, 0.717) is 0 Å². The number of rotatable bonds is 4. The molecular formula is C15H17N2O2+. The van der Waals surface area contributed by atoms with E-state index in [-0.39, 0.29) is 12.5 Å². The molecular weight excluding hydrogens is 240 g/mol. The van der Waals surface area contributed by atoms with Crippen LogP contribution in [0.1, 0.15) is 5.56 Å². The third kappa shape index (κ3) is 3.81. The van der Waals surface area contributed by atoms with E-state index >= 15 is 0 Å². The van der Waals surface area contributed by atoms with Crippen LogP contribution in [0, 0.1) is 6.92 Å². The van der Waals surface area contributed by atoms with Crippen LogP contribution < -0.4 is 14.6 Å². The van der Waals surface area contributed by atoms with Gasteiger partial charge in [0.1, 0.15) is 5.75 Å². The van der Waals surface area contributed by atoms with Gasteiger partial charge in [0.05, 0.1) is 7.11 Å². The number of methoxy groups -OCH3 is 1. The summed E-state index contributed by atoms with van der Waals surface area (Å²) in [6.07, 6.45) is 3.78.